The molecular formula is C8H10. The fraction of sp³-hybridized carbons (Fsp3) is 0.500. The molecule has 0 aliphatic heterocycles. The van der Waals surface area contributed by atoms with Crippen molar-refractivity contribution in [1.82, 2.24) is 0 Å². The van der Waals surface area contributed by atoms with Crippen LogP contribution in [0.25, 0.3) is 0 Å². The van der Waals surface area contributed by atoms with E-state index in [1.807, 2.05) is 0 Å². The first kappa shape index (κ1) is 5.44. The summed E-state index contributed by atoms with van der Waals surface area (Å²) in [5, 5.41) is 0. The molecule has 0 heteroatoms. The SMILES string of the molecule is C#CC1=CCCCC1. The van der Waals surface area contributed by atoms with E-state index in [0.717, 1.165) is 6.42 Å². The first-order valence-electron chi connectivity index (χ1n) is 3.09. The molecule has 0 radical (unpaired) electrons. The number of rotatable bonds is 0. The lowest BCUT2D eigenvalue weighted by Crippen LogP contribution is -1.87. The van der Waals surface area contributed by atoms with Gasteiger partial charge in [0.2, 0.25) is 0 Å². The molecule has 0 saturated heterocycles. The average molecular weight is 106 g/mol. The van der Waals surface area contributed by atoms with Crippen LogP contribution in [0.5, 0.6) is 0 Å². The predicted molar refractivity (Wildman–Crippen MR) is 35.4 cm³/mol. The zero-order chi connectivity index (χ0) is 5.82. The Kier molecular flexibility index (Phi) is 1.75. The summed E-state index contributed by atoms with van der Waals surface area (Å²) in [5.41, 5.74) is 1.20. The minimum absolute atomic E-state index is 1.14. The Balaban J connectivity index is 2.53. The molecule has 42 valence electrons. The molecule has 0 nitrogen and oxygen atoms in total. The van der Waals surface area contributed by atoms with Gasteiger partial charge < -0.3 is 0 Å². The maximum absolute atomic E-state index is 5.18. The largest absolute Gasteiger partial charge is 0.115 e. The summed E-state index contributed by atoms with van der Waals surface area (Å²) in [6, 6.07) is 0. The third-order valence-corrected chi connectivity index (χ3v) is 1.48. The lowest BCUT2D eigenvalue weighted by atomic mass is 10.0. The first-order chi connectivity index (χ1) is 3.93. The highest BCUT2D eigenvalue weighted by atomic mass is 14.0. The lowest BCUT2D eigenvalue weighted by molar-refractivity contribution is 0.715. The summed E-state index contributed by atoms with van der Waals surface area (Å²) in [6.45, 7) is 0. The van der Waals surface area contributed by atoms with E-state index in [9.17, 15) is 0 Å². The number of terminal acetylenes is 1. The van der Waals surface area contributed by atoms with Crippen LogP contribution in [0.1, 0.15) is 25.7 Å². The van der Waals surface area contributed by atoms with Gasteiger partial charge in [0.1, 0.15) is 0 Å². The van der Waals surface area contributed by atoms with Crippen LogP contribution in [-0.4, -0.2) is 0 Å². The Morgan fingerprint density at radius 2 is 2.38 bits per heavy atom. The quantitative estimate of drug-likeness (QED) is 0.415. The molecule has 0 fully saturated rings. The van der Waals surface area contributed by atoms with Crippen molar-refractivity contribution < 1.29 is 0 Å². The topological polar surface area (TPSA) is 0 Å². The van der Waals surface area contributed by atoms with Gasteiger partial charge >= 0.3 is 0 Å². The van der Waals surface area contributed by atoms with Gasteiger partial charge in [-0.15, -0.1) is 6.42 Å². The van der Waals surface area contributed by atoms with E-state index in [1.165, 1.54) is 24.8 Å². The highest BCUT2D eigenvalue weighted by Gasteiger charge is 1.97. The monoisotopic (exact) mass is 106 g/mol. The molecule has 0 amide bonds. The summed E-state index contributed by atoms with van der Waals surface area (Å²) in [4.78, 5) is 0. The molecule has 0 bridgehead atoms. The van der Waals surface area contributed by atoms with Crippen molar-refractivity contribution in [2.24, 2.45) is 0 Å². The van der Waals surface area contributed by atoms with Gasteiger partial charge in [-0.1, -0.05) is 12.0 Å². The molecular weight excluding hydrogens is 96.1 g/mol. The first-order valence-corrected chi connectivity index (χ1v) is 3.09. The molecule has 0 N–H and O–H groups in total. The third-order valence-electron chi connectivity index (χ3n) is 1.48. The van der Waals surface area contributed by atoms with Gasteiger partial charge in [-0.3, -0.25) is 0 Å². The maximum Gasteiger partial charge on any atom is -0.00223 e. The third kappa shape index (κ3) is 1.13. The van der Waals surface area contributed by atoms with E-state index in [4.69, 9.17) is 6.42 Å². The van der Waals surface area contributed by atoms with Crippen molar-refractivity contribution in [3.8, 4) is 12.3 Å². The molecule has 0 atom stereocenters. The van der Waals surface area contributed by atoms with Gasteiger partial charge in [-0.05, 0) is 31.3 Å². The maximum atomic E-state index is 5.18. The van der Waals surface area contributed by atoms with E-state index in [-0.39, 0.29) is 0 Å². The Morgan fingerprint density at radius 1 is 1.50 bits per heavy atom. The van der Waals surface area contributed by atoms with Crippen LogP contribution in [0.3, 0.4) is 0 Å². The van der Waals surface area contributed by atoms with E-state index < -0.39 is 0 Å². The van der Waals surface area contributed by atoms with Gasteiger partial charge in [0.05, 0.1) is 0 Å². The van der Waals surface area contributed by atoms with Crippen molar-refractivity contribution >= 4 is 0 Å². The van der Waals surface area contributed by atoms with Crippen molar-refractivity contribution in [2.75, 3.05) is 0 Å². The highest BCUT2D eigenvalue weighted by molar-refractivity contribution is 5.25. The Bertz CT molecular complexity index is 135. The minimum Gasteiger partial charge on any atom is -0.115 e. The average Bonchev–Trinajstić information content (AvgIpc) is 1.90. The van der Waals surface area contributed by atoms with E-state index in [2.05, 4.69) is 12.0 Å². The molecule has 0 heterocycles. The number of hydrogen-bond acceptors (Lipinski definition) is 0. The molecule has 0 aromatic carbocycles. The van der Waals surface area contributed by atoms with Gasteiger partial charge in [0, 0.05) is 0 Å². The van der Waals surface area contributed by atoms with E-state index in [0.29, 0.717) is 0 Å². The Labute approximate surface area is 50.6 Å². The molecule has 0 spiro atoms. The molecule has 0 aromatic rings. The second-order valence-electron chi connectivity index (χ2n) is 2.12. The van der Waals surface area contributed by atoms with Crippen LogP contribution < -0.4 is 0 Å². The number of allylic oxidation sites excluding steroid dienone is 2. The van der Waals surface area contributed by atoms with Crippen LogP contribution in [0.15, 0.2) is 11.6 Å². The second kappa shape index (κ2) is 2.57. The smallest absolute Gasteiger partial charge is 0.00223 e. The van der Waals surface area contributed by atoms with Crippen molar-refractivity contribution in [2.45, 2.75) is 25.7 Å². The molecule has 1 aliphatic carbocycles. The van der Waals surface area contributed by atoms with Gasteiger partial charge in [0.15, 0.2) is 0 Å². The summed E-state index contributed by atoms with van der Waals surface area (Å²) >= 11 is 0. The summed E-state index contributed by atoms with van der Waals surface area (Å²) in [5.74, 6) is 2.66. The summed E-state index contributed by atoms with van der Waals surface area (Å²) in [7, 11) is 0. The predicted octanol–water partition coefficient (Wildman–Crippen LogP) is 2.12. The molecule has 8 heavy (non-hydrogen) atoms. The van der Waals surface area contributed by atoms with E-state index in [1.54, 1.807) is 0 Å². The lowest BCUT2D eigenvalue weighted by Gasteiger charge is -2.04. The van der Waals surface area contributed by atoms with Gasteiger partial charge in [-0.2, -0.15) is 0 Å². The zero-order valence-electron chi connectivity index (χ0n) is 4.98. The standard InChI is InChI=1S/C8H10/c1-2-8-6-4-3-5-7-8/h1,6H,3-5,7H2. The van der Waals surface area contributed by atoms with Gasteiger partial charge in [-0.25, -0.2) is 0 Å². The highest BCUT2D eigenvalue weighted by Crippen LogP contribution is 2.15. The summed E-state index contributed by atoms with van der Waals surface area (Å²) < 4.78 is 0. The van der Waals surface area contributed by atoms with Crippen LogP contribution in [0.2, 0.25) is 0 Å². The Hall–Kier alpha value is -0.700. The molecule has 0 unspecified atom stereocenters. The van der Waals surface area contributed by atoms with Crippen molar-refractivity contribution in [3.63, 3.8) is 0 Å². The minimum atomic E-state index is 1.14. The molecule has 0 aromatic heterocycles. The van der Waals surface area contributed by atoms with Crippen molar-refractivity contribution in [1.29, 1.82) is 0 Å². The fourth-order valence-corrected chi connectivity index (χ4v) is 0.969. The normalized spacial score (nSPS) is 19.1. The van der Waals surface area contributed by atoms with E-state index >= 15 is 0 Å². The van der Waals surface area contributed by atoms with Gasteiger partial charge in [0.25, 0.3) is 0 Å². The van der Waals surface area contributed by atoms with Crippen LogP contribution >= 0.6 is 0 Å². The fourth-order valence-electron chi connectivity index (χ4n) is 0.969. The van der Waals surface area contributed by atoms with Crippen LogP contribution in [0, 0.1) is 12.3 Å². The summed E-state index contributed by atoms with van der Waals surface area (Å²) in [6.07, 6.45) is 12.3. The van der Waals surface area contributed by atoms with Crippen LogP contribution in [-0.2, 0) is 0 Å². The van der Waals surface area contributed by atoms with Crippen LogP contribution in [0.4, 0.5) is 0 Å². The second-order valence-corrected chi connectivity index (χ2v) is 2.12. The molecule has 1 rings (SSSR count). The molecule has 1 aliphatic rings. The molecule has 0 saturated carbocycles. The van der Waals surface area contributed by atoms with Crippen molar-refractivity contribution in [3.05, 3.63) is 11.6 Å². The zero-order valence-corrected chi connectivity index (χ0v) is 4.98. The Morgan fingerprint density at radius 3 is 2.75 bits per heavy atom. The number of hydrogen-bond donors (Lipinski definition) is 0.